The molecule has 0 aromatic heterocycles. The summed E-state index contributed by atoms with van der Waals surface area (Å²) >= 11 is 0. The molecule has 0 rings (SSSR count). The third-order valence-electron chi connectivity index (χ3n) is 1.66. The molecule has 0 aliphatic rings. The second-order valence-electron chi connectivity index (χ2n) is 3.06. The van der Waals surface area contributed by atoms with E-state index in [9.17, 15) is 4.79 Å². The van der Waals surface area contributed by atoms with Crippen molar-refractivity contribution in [3.63, 3.8) is 0 Å². The minimum Gasteiger partial charge on any atom is -0.368 e. The maximum atomic E-state index is 10.9. The lowest BCUT2D eigenvalue weighted by atomic mass is 10.1. The van der Waals surface area contributed by atoms with E-state index in [4.69, 9.17) is 10.5 Å². The molecular weight excluding hydrogens is 142 g/mol. The van der Waals surface area contributed by atoms with E-state index in [0.717, 1.165) is 6.42 Å². The fraction of sp³-hybridized carbons (Fsp3) is 0.875. The largest absolute Gasteiger partial charge is 0.368 e. The van der Waals surface area contributed by atoms with Gasteiger partial charge in [-0.2, -0.15) is 0 Å². The first-order chi connectivity index (χ1) is 5.00. The molecule has 0 spiro atoms. The van der Waals surface area contributed by atoms with E-state index in [1.807, 2.05) is 0 Å². The predicted molar refractivity (Wildman–Crippen MR) is 44.4 cm³/mol. The minimum atomic E-state index is -0.644. The Balaban J connectivity index is 3.64. The van der Waals surface area contributed by atoms with Gasteiger partial charge in [-0.15, -0.1) is 0 Å². The lowest BCUT2D eigenvalue weighted by Crippen LogP contribution is -2.33. The number of hydrogen-bond donors (Lipinski definition) is 1. The van der Waals surface area contributed by atoms with Gasteiger partial charge in [0.05, 0.1) is 0 Å². The molecule has 3 nitrogen and oxygen atoms in total. The van der Waals surface area contributed by atoms with Crippen molar-refractivity contribution in [2.45, 2.75) is 32.8 Å². The Morgan fingerprint density at radius 1 is 1.55 bits per heavy atom. The molecule has 0 radical (unpaired) electrons. The number of rotatable bonds is 5. The molecule has 0 unspecified atom stereocenters. The Labute approximate surface area is 67.9 Å². The van der Waals surface area contributed by atoms with Crippen molar-refractivity contribution >= 4 is 5.78 Å². The van der Waals surface area contributed by atoms with E-state index in [0.29, 0.717) is 13.2 Å². The molecule has 0 bridgehead atoms. The Kier molecular flexibility index (Phi) is 4.30. The lowest BCUT2D eigenvalue weighted by molar-refractivity contribution is -0.138. The van der Waals surface area contributed by atoms with Gasteiger partial charge in [-0.3, -0.25) is 4.79 Å². The van der Waals surface area contributed by atoms with E-state index in [1.54, 1.807) is 13.8 Å². The zero-order valence-corrected chi connectivity index (χ0v) is 7.52. The zero-order valence-electron chi connectivity index (χ0n) is 7.52. The summed E-state index contributed by atoms with van der Waals surface area (Å²) in [5.74, 6) is 0.0505. The molecule has 0 aliphatic heterocycles. The monoisotopic (exact) mass is 159 g/mol. The average Bonchev–Trinajstić information content (AvgIpc) is 1.88. The van der Waals surface area contributed by atoms with Crippen LogP contribution < -0.4 is 5.73 Å². The number of ketones is 1. The highest BCUT2D eigenvalue weighted by Crippen LogP contribution is 2.09. The Morgan fingerprint density at radius 2 is 2.09 bits per heavy atom. The summed E-state index contributed by atoms with van der Waals surface area (Å²) in [6.45, 7) is 6.23. The van der Waals surface area contributed by atoms with E-state index in [-0.39, 0.29) is 5.78 Å². The SMILES string of the molecule is CC(=O)C(C)(C)OCCCN. The van der Waals surface area contributed by atoms with Gasteiger partial charge in [0, 0.05) is 6.61 Å². The molecule has 66 valence electrons. The molecule has 0 fully saturated rings. The van der Waals surface area contributed by atoms with Gasteiger partial charge in [0.1, 0.15) is 5.60 Å². The number of ether oxygens (including phenoxy) is 1. The minimum absolute atomic E-state index is 0.0505. The van der Waals surface area contributed by atoms with Crippen LogP contribution in [0.5, 0.6) is 0 Å². The van der Waals surface area contributed by atoms with Crippen LogP contribution >= 0.6 is 0 Å². The van der Waals surface area contributed by atoms with Gasteiger partial charge in [-0.1, -0.05) is 0 Å². The molecule has 0 amide bonds. The Morgan fingerprint density at radius 3 is 2.45 bits per heavy atom. The molecular formula is C8H17NO2. The van der Waals surface area contributed by atoms with E-state index in [2.05, 4.69) is 0 Å². The summed E-state index contributed by atoms with van der Waals surface area (Å²) in [6.07, 6.45) is 0.802. The summed E-state index contributed by atoms with van der Waals surface area (Å²) in [6, 6.07) is 0. The van der Waals surface area contributed by atoms with Crippen LogP contribution in [0.25, 0.3) is 0 Å². The van der Waals surface area contributed by atoms with Crippen LogP contribution in [0.3, 0.4) is 0 Å². The first kappa shape index (κ1) is 10.6. The molecule has 2 N–H and O–H groups in total. The van der Waals surface area contributed by atoms with Crippen LogP contribution in [0, 0.1) is 0 Å². The Bertz CT molecular complexity index is 132. The van der Waals surface area contributed by atoms with Gasteiger partial charge in [0.25, 0.3) is 0 Å². The molecule has 0 atom stereocenters. The van der Waals surface area contributed by atoms with Crippen molar-refractivity contribution in [2.24, 2.45) is 5.73 Å². The third-order valence-corrected chi connectivity index (χ3v) is 1.66. The van der Waals surface area contributed by atoms with E-state index >= 15 is 0 Å². The molecule has 11 heavy (non-hydrogen) atoms. The van der Waals surface area contributed by atoms with Crippen LogP contribution in [-0.4, -0.2) is 24.5 Å². The summed E-state index contributed by atoms with van der Waals surface area (Å²) in [4.78, 5) is 10.9. The van der Waals surface area contributed by atoms with Crippen LogP contribution in [0.1, 0.15) is 27.2 Å². The number of carbonyl (C=O) groups excluding carboxylic acids is 1. The summed E-state index contributed by atoms with van der Waals surface area (Å²) in [7, 11) is 0. The van der Waals surface area contributed by atoms with Gasteiger partial charge in [-0.25, -0.2) is 0 Å². The molecule has 3 heteroatoms. The molecule has 0 aliphatic carbocycles. The molecule has 0 saturated carbocycles. The molecule has 0 aromatic carbocycles. The molecule has 0 heterocycles. The van der Waals surface area contributed by atoms with Crippen LogP contribution in [0.4, 0.5) is 0 Å². The van der Waals surface area contributed by atoms with Crippen molar-refractivity contribution in [1.29, 1.82) is 0 Å². The number of nitrogens with two attached hydrogens (primary N) is 1. The smallest absolute Gasteiger partial charge is 0.160 e. The van der Waals surface area contributed by atoms with Crippen LogP contribution in [0.2, 0.25) is 0 Å². The second kappa shape index (κ2) is 4.46. The Hall–Kier alpha value is -0.410. The van der Waals surface area contributed by atoms with Gasteiger partial charge < -0.3 is 10.5 Å². The van der Waals surface area contributed by atoms with Gasteiger partial charge in [0.2, 0.25) is 0 Å². The van der Waals surface area contributed by atoms with E-state index in [1.165, 1.54) is 6.92 Å². The van der Waals surface area contributed by atoms with Crippen molar-refractivity contribution in [3.05, 3.63) is 0 Å². The zero-order chi connectivity index (χ0) is 8.91. The van der Waals surface area contributed by atoms with Gasteiger partial charge in [-0.05, 0) is 33.7 Å². The second-order valence-corrected chi connectivity index (χ2v) is 3.06. The standard InChI is InChI=1S/C8H17NO2/c1-7(10)8(2,3)11-6-4-5-9/h4-6,9H2,1-3H3. The lowest BCUT2D eigenvalue weighted by Gasteiger charge is -2.21. The normalized spacial score (nSPS) is 11.6. The van der Waals surface area contributed by atoms with Crippen molar-refractivity contribution < 1.29 is 9.53 Å². The number of carbonyl (C=O) groups is 1. The predicted octanol–water partition coefficient (Wildman–Crippen LogP) is 0.719. The van der Waals surface area contributed by atoms with Crippen molar-refractivity contribution in [1.82, 2.24) is 0 Å². The summed E-state index contributed by atoms with van der Waals surface area (Å²) in [5, 5.41) is 0. The highest BCUT2D eigenvalue weighted by Gasteiger charge is 2.23. The molecule has 0 aromatic rings. The maximum Gasteiger partial charge on any atom is 0.160 e. The summed E-state index contributed by atoms with van der Waals surface area (Å²) in [5.41, 5.74) is 4.63. The number of Topliss-reactive ketones (excluding diaryl/α,β-unsaturated/α-hetero) is 1. The topological polar surface area (TPSA) is 52.3 Å². The highest BCUT2D eigenvalue weighted by atomic mass is 16.5. The average molecular weight is 159 g/mol. The van der Waals surface area contributed by atoms with Crippen LogP contribution in [-0.2, 0) is 9.53 Å². The quantitative estimate of drug-likeness (QED) is 0.601. The first-order valence-electron chi connectivity index (χ1n) is 3.86. The number of hydrogen-bond acceptors (Lipinski definition) is 3. The highest BCUT2D eigenvalue weighted by molar-refractivity contribution is 5.83. The maximum absolute atomic E-state index is 10.9. The third kappa shape index (κ3) is 4.11. The van der Waals surface area contributed by atoms with Gasteiger partial charge >= 0.3 is 0 Å². The first-order valence-corrected chi connectivity index (χ1v) is 3.86. The van der Waals surface area contributed by atoms with Crippen molar-refractivity contribution in [2.75, 3.05) is 13.2 Å². The molecule has 0 saturated heterocycles. The fourth-order valence-corrected chi connectivity index (χ4v) is 0.512. The van der Waals surface area contributed by atoms with Crippen molar-refractivity contribution in [3.8, 4) is 0 Å². The summed E-state index contributed by atoms with van der Waals surface area (Å²) < 4.78 is 5.30. The van der Waals surface area contributed by atoms with Crippen LogP contribution in [0.15, 0.2) is 0 Å². The van der Waals surface area contributed by atoms with Gasteiger partial charge in [0.15, 0.2) is 5.78 Å². The van der Waals surface area contributed by atoms with E-state index < -0.39 is 5.60 Å². The fourth-order valence-electron chi connectivity index (χ4n) is 0.512.